The van der Waals surface area contributed by atoms with Crippen LogP contribution in [0.15, 0.2) is 28.2 Å². The van der Waals surface area contributed by atoms with Crippen LogP contribution in [0, 0.1) is 0 Å². The van der Waals surface area contributed by atoms with Gasteiger partial charge in [0.2, 0.25) is 0 Å². The lowest BCUT2D eigenvalue weighted by atomic mass is 10.1. The number of aliphatic hydroxyl groups is 1. The van der Waals surface area contributed by atoms with Crippen LogP contribution in [0.4, 0.5) is 0 Å². The highest BCUT2D eigenvalue weighted by molar-refractivity contribution is 9.10. The van der Waals surface area contributed by atoms with Crippen LogP contribution in [-0.4, -0.2) is 11.2 Å². The first kappa shape index (κ1) is 11.8. The lowest BCUT2D eigenvalue weighted by Gasteiger charge is -2.04. The Labute approximate surface area is 97.5 Å². The molecule has 0 spiro atoms. The first-order valence-electron chi connectivity index (χ1n) is 4.32. The summed E-state index contributed by atoms with van der Waals surface area (Å²) in [6.45, 7) is 3.63. The first-order chi connectivity index (χ1) is 6.50. The maximum absolute atomic E-state index is 9.30. The molecule has 0 saturated heterocycles. The van der Waals surface area contributed by atoms with Crippen LogP contribution >= 0.6 is 27.5 Å². The van der Waals surface area contributed by atoms with Gasteiger partial charge < -0.3 is 5.11 Å². The van der Waals surface area contributed by atoms with Crippen LogP contribution in [0.3, 0.4) is 0 Å². The summed E-state index contributed by atoms with van der Waals surface area (Å²) in [5, 5.41) is 9.97. The average Bonchev–Trinajstić information content (AvgIpc) is 2.11. The van der Waals surface area contributed by atoms with Gasteiger partial charge in [-0.2, -0.15) is 0 Å². The van der Waals surface area contributed by atoms with E-state index in [1.807, 2.05) is 31.2 Å². The molecule has 1 atom stereocenters. The second-order valence-corrected chi connectivity index (χ2v) is 4.50. The van der Waals surface area contributed by atoms with Gasteiger partial charge in [0.15, 0.2) is 0 Å². The van der Waals surface area contributed by atoms with Crippen LogP contribution in [0.5, 0.6) is 0 Å². The molecule has 3 heteroatoms. The molecular formula is C11H12BrClO. The van der Waals surface area contributed by atoms with Gasteiger partial charge in [0, 0.05) is 4.47 Å². The molecule has 0 heterocycles. The lowest BCUT2D eigenvalue weighted by molar-refractivity contribution is 0.232. The Bertz CT molecular complexity index is 358. The summed E-state index contributed by atoms with van der Waals surface area (Å²) in [5.41, 5.74) is 1.92. The Hall–Kier alpha value is -0.310. The van der Waals surface area contributed by atoms with Crippen molar-refractivity contribution < 1.29 is 5.11 Å². The molecule has 0 fully saturated rings. The third kappa shape index (κ3) is 3.12. The molecule has 1 N–H and O–H groups in total. The van der Waals surface area contributed by atoms with E-state index in [9.17, 15) is 5.11 Å². The highest BCUT2D eigenvalue weighted by Gasteiger charge is 2.00. The van der Waals surface area contributed by atoms with Crippen molar-refractivity contribution in [2.24, 2.45) is 0 Å². The summed E-state index contributed by atoms with van der Waals surface area (Å²) in [7, 11) is 0. The van der Waals surface area contributed by atoms with Crippen LogP contribution in [0.2, 0.25) is 5.02 Å². The molecule has 0 aromatic heterocycles. The molecule has 76 valence electrons. The summed E-state index contributed by atoms with van der Waals surface area (Å²) in [4.78, 5) is 0. The topological polar surface area (TPSA) is 20.2 Å². The number of halogens is 2. The van der Waals surface area contributed by atoms with Crippen molar-refractivity contribution in [3.63, 3.8) is 0 Å². The fourth-order valence-corrected chi connectivity index (χ4v) is 1.42. The molecule has 0 aliphatic carbocycles. The standard InChI is InChI=1S/C11H12BrClO/c1-7(8(2)14)5-9-3-4-10(12)11(13)6-9/h3-6,8,14H,1-2H3/b7-5+. The Morgan fingerprint density at radius 3 is 2.71 bits per heavy atom. The van der Waals surface area contributed by atoms with Crippen molar-refractivity contribution in [2.45, 2.75) is 20.0 Å². The van der Waals surface area contributed by atoms with Gasteiger partial charge in [-0.15, -0.1) is 0 Å². The van der Waals surface area contributed by atoms with E-state index >= 15 is 0 Å². The Morgan fingerprint density at radius 2 is 2.21 bits per heavy atom. The van der Waals surface area contributed by atoms with Gasteiger partial charge >= 0.3 is 0 Å². The molecule has 1 rings (SSSR count). The third-order valence-corrected chi connectivity index (χ3v) is 3.23. The summed E-state index contributed by atoms with van der Waals surface area (Å²) in [6, 6.07) is 5.70. The van der Waals surface area contributed by atoms with Crippen molar-refractivity contribution in [2.75, 3.05) is 0 Å². The second kappa shape index (κ2) is 4.96. The van der Waals surface area contributed by atoms with Crippen LogP contribution in [-0.2, 0) is 0 Å². The Morgan fingerprint density at radius 1 is 1.57 bits per heavy atom. The summed E-state index contributed by atoms with van der Waals surface area (Å²) < 4.78 is 0.881. The highest BCUT2D eigenvalue weighted by atomic mass is 79.9. The second-order valence-electron chi connectivity index (χ2n) is 3.24. The Balaban J connectivity index is 2.98. The number of aliphatic hydroxyl groups excluding tert-OH is 1. The average molecular weight is 276 g/mol. The lowest BCUT2D eigenvalue weighted by Crippen LogP contribution is -2.00. The van der Waals surface area contributed by atoms with E-state index in [0.717, 1.165) is 15.6 Å². The SMILES string of the molecule is C/C(=C\c1ccc(Br)c(Cl)c1)C(C)O. The molecule has 14 heavy (non-hydrogen) atoms. The van der Waals surface area contributed by atoms with Crippen molar-refractivity contribution in [1.82, 2.24) is 0 Å². The van der Waals surface area contributed by atoms with Gasteiger partial charge in [0.05, 0.1) is 11.1 Å². The number of hydrogen-bond acceptors (Lipinski definition) is 1. The minimum Gasteiger partial charge on any atom is -0.389 e. The van der Waals surface area contributed by atoms with Crippen LogP contribution in [0.1, 0.15) is 19.4 Å². The van der Waals surface area contributed by atoms with Crippen molar-refractivity contribution in [3.8, 4) is 0 Å². The molecule has 0 aliphatic rings. The number of hydrogen-bond donors (Lipinski definition) is 1. The predicted molar refractivity (Wildman–Crippen MR) is 64.5 cm³/mol. The van der Waals surface area contributed by atoms with Gasteiger partial charge in [-0.25, -0.2) is 0 Å². The van der Waals surface area contributed by atoms with Gasteiger partial charge in [-0.05, 0) is 53.0 Å². The van der Waals surface area contributed by atoms with Gasteiger partial charge in [0.25, 0.3) is 0 Å². The molecule has 1 aromatic rings. The summed E-state index contributed by atoms with van der Waals surface area (Å²) >= 11 is 9.26. The normalized spacial score (nSPS) is 14.2. The van der Waals surface area contributed by atoms with Crippen molar-refractivity contribution in [3.05, 3.63) is 38.8 Å². The van der Waals surface area contributed by atoms with E-state index in [-0.39, 0.29) is 0 Å². The minimum absolute atomic E-state index is 0.419. The minimum atomic E-state index is -0.419. The van der Waals surface area contributed by atoms with E-state index in [2.05, 4.69) is 15.9 Å². The zero-order valence-corrected chi connectivity index (χ0v) is 10.4. The molecule has 0 amide bonds. The highest BCUT2D eigenvalue weighted by Crippen LogP contribution is 2.24. The van der Waals surface area contributed by atoms with Crippen LogP contribution < -0.4 is 0 Å². The number of benzene rings is 1. The van der Waals surface area contributed by atoms with Gasteiger partial charge in [0.1, 0.15) is 0 Å². The maximum Gasteiger partial charge on any atom is 0.0722 e. The first-order valence-corrected chi connectivity index (χ1v) is 5.49. The predicted octanol–water partition coefficient (Wildman–Crippen LogP) is 3.89. The fourth-order valence-electron chi connectivity index (χ4n) is 0.986. The quantitative estimate of drug-likeness (QED) is 0.868. The fraction of sp³-hybridized carbons (Fsp3) is 0.273. The van der Waals surface area contributed by atoms with Crippen molar-refractivity contribution in [1.29, 1.82) is 0 Å². The molecule has 0 saturated carbocycles. The number of rotatable bonds is 2. The monoisotopic (exact) mass is 274 g/mol. The largest absolute Gasteiger partial charge is 0.389 e. The molecule has 0 bridgehead atoms. The zero-order chi connectivity index (χ0) is 10.7. The van der Waals surface area contributed by atoms with Gasteiger partial charge in [-0.3, -0.25) is 0 Å². The molecule has 0 aliphatic heterocycles. The molecule has 1 aromatic carbocycles. The van der Waals surface area contributed by atoms with E-state index in [4.69, 9.17) is 11.6 Å². The zero-order valence-electron chi connectivity index (χ0n) is 8.09. The molecule has 0 radical (unpaired) electrons. The molecule has 1 nitrogen and oxygen atoms in total. The van der Waals surface area contributed by atoms with Gasteiger partial charge in [-0.1, -0.05) is 23.7 Å². The van der Waals surface area contributed by atoms with Crippen molar-refractivity contribution >= 4 is 33.6 Å². The summed E-state index contributed by atoms with van der Waals surface area (Å²) in [6.07, 6.45) is 1.50. The van der Waals surface area contributed by atoms with E-state index < -0.39 is 6.10 Å². The molecular weight excluding hydrogens is 263 g/mol. The van der Waals surface area contributed by atoms with E-state index in [0.29, 0.717) is 5.02 Å². The third-order valence-electron chi connectivity index (χ3n) is 2.00. The van der Waals surface area contributed by atoms with E-state index in [1.54, 1.807) is 6.92 Å². The molecule has 1 unspecified atom stereocenters. The maximum atomic E-state index is 9.30. The van der Waals surface area contributed by atoms with E-state index in [1.165, 1.54) is 0 Å². The Kier molecular flexibility index (Phi) is 4.17. The smallest absolute Gasteiger partial charge is 0.0722 e. The summed E-state index contributed by atoms with van der Waals surface area (Å²) in [5.74, 6) is 0. The van der Waals surface area contributed by atoms with Crippen LogP contribution in [0.25, 0.3) is 6.08 Å².